The largest absolute Gasteiger partial charge is 0.383 e. The number of carbonyl (C=O) groups excluding carboxylic acids is 1. The molecule has 0 saturated heterocycles. The molecule has 0 aliphatic rings. The molecule has 27 heavy (non-hydrogen) atoms. The molecule has 1 amide bonds. The first kappa shape index (κ1) is 17.5. The number of para-hydroxylation sites is 1. The number of ether oxygens (including phenoxy) is 1. The highest BCUT2D eigenvalue weighted by Gasteiger charge is 2.25. The molecule has 138 valence electrons. The van der Waals surface area contributed by atoms with Gasteiger partial charge < -0.3 is 4.74 Å². The van der Waals surface area contributed by atoms with Gasteiger partial charge in [-0.25, -0.2) is 14.5 Å². The van der Waals surface area contributed by atoms with Gasteiger partial charge in [0, 0.05) is 18.5 Å². The molecule has 3 heterocycles. The first-order valence-corrected chi connectivity index (χ1v) is 9.26. The van der Waals surface area contributed by atoms with E-state index in [0.717, 1.165) is 21.6 Å². The second-order valence-electron chi connectivity index (χ2n) is 6.10. The van der Waals surface area contributed by atoms with Gasteiger partial charge in [0.15, 0.2) is 5.13 Å². The number of aromatic nitrogens is 5. The first-order valence-electron chi connectivity index (χ1n) is 8.44. The number of benzene rings is 1. The quantitative estimate of drug-likeness (QED) is 0.527. The fraction of sp³-hybridized carbons (Fsp3) is 0.278. The maximum Gasteiger partial charge on any atom is 0.299 e. The molecule has 3 aromatic heterocycles. The van der Waals surface area contributed by atoms with Gasteiger partial charge in [0.1, 0.15) is 0 Å². The highest BCUT2D eigenvalue weighted by Crippen LogP contribution is 2.29. The number of hydrogen-bond acceptors (Lipinski definition) is 7. The van der Waals surface area contributed by atoms with Crippen molar-refractivity contribution < 1.29 is 9.53 Å². The Morgan fingerprint density at radius 1 is 1.22 bits per heavy atom. The number of rotatable bonds is 5. The Kier molecular flexibility index (Phi) is 4.54. The zero-order chi connectivity index (χ0) is 19.0. The number of hydrogen-bond donors (Lipinski definition) is 0. The summed E-state index contributed by atoms with van der Waals surface area (Å²) in [7, 11) is 1.60. The monoisotopic (exact) mass is 382 g/mol. The van der Waals surface area contributed by atoms with Crippen LogP contribution in [0.1, 0.15) is 22.0 Å². The van der Waals surface area contributed by atoms with Crippen LogP contribution in [-0.4, -0.2) is 50.7 Å². The van der Waals surface area contributed by atoms with E-state index in [2.05, 4.69) is 20.1 Å². The standard InChI is InChI=1S/C18H18N6O2S/c1-11-10-12(2)24-17(19-11)21-15(22-24)16(25)23(8-9-26-3)18-20-13-6-4-5-7-14(13)27-18/h4-7,10H,8-9H2,1-3H3. The molecular formula is C18H18N6O2S. The van der Waals surface area contributed by atoms with Crippen molar-refractivity contribution in [3.8, 4) is 0 Å². The summed E-state index contributed by atoms with van der Waals surface area (Å²) in [5.41, 5.74) is 2.55. The van der Waals surface area contributed by atoms with E-state index in [9.17, 15) is 4.79 Å². The summed E-state index contributed by atoms with van der Waals surface area (Å²) in [6.45, 7) is 4.53. The molecule has 4 rings (SSSR count). The number of fused-ring (bicyclic) bond motifs is 2. The van der Waals surface area contributed by atoms with Crippen LogP contribution in [0, 0.1) is 13.8 Å². The van der Waals surface area contributed by atoms with Gasteiger partial charge in [-0.3, -0.25) is 9.69 Å². The van der Waals surface area contributed by atoms with Gasteiger partial charge >= 0.3 is 0 Å². The minimum absolute atomic E-state index is 0.0894. The summed E-state index contributed by atoms with van der Waals surface area (Å²) < 4.78 is 7.76. The topological polar surface area (TPSA) is 85.5 Å². The number of carbonyl (C=O) groups is 1. The number of anilines is 1. The van der Waals surface area contributed by atoms with E-state index in [1.165, 1.54) is 11.3 Å². The van der Waals surface area contributed by atoms with Gasteiger partial charge in [-0.05, 0) is 32.0 Å². The molecule has 1 aromatic carbocycles. The Morgan fingerprint density at radius 3 is 2.81 bits per heavy atom. The van der Waals surface area contributed by atoms with Crippen molar-refractivity contribution >= 4 is 38.4 Å². The maximum atomic E-state index is 13.2. The van der Waals surface area contributed by atoms with Crippen molar-refractivity contribution in [3.63, 3.8) is 0 Å². The minimum Gasteiger partial charge on any atom is -0.383 e. The molecule has 0 unspecified atom stereocenters. The van der Waals surface area contributed by atoms with Gasteiger partial charge in [-0.15, -0.1) is 5.10 Å². The molecule has 0 spiro atoms. The lowest BCUT2D eigenvalue weighted by atomic mass is 10.3. The van der Waals surface area contributed by atoms with Crippen LogP contribution in [0.15, 0.2) is 30.3 Å². The first-order chi connectivity index (χ1) is 13.1. The average molecular weight is 382 g/mol. The molecule has 0 bridgehead atoms. The van der Waals surface area contributed by atoms with Crippen molar-refractivity contribution in [3.05, 3.63) is 47.5 Å². The fourth-order valence-electron chi connectivity index (χ4n) is 2.82. The summed E-state index contributed by atoms with van der Waals surface area (Å²) in [4.78, 5) is 28.0. The predicted octanol–water partition coefficient (Wildman–Crippen LogP) is 2.64. The Balaban J connectivity index is 1.75. The molecule has 4 aromatic rings. The Hall–Kier alpha value is -2.91. The van der Waals surface area contributed by atoms with Crippen LogP contribution >= 0.6 is 11.3 Å². The van der Waals surface area contributed by atoms with Crippen molar-refractivity contribution in [2.24, 2.45) is 0 Å². The lowest BCUT2D eigenvalue weighted by molar-refractivity contribution is 0.0966. The fourth-order valence-corrected chi connectivity index (χ4v) is 3.81. The second-order valence-corrected chi connectivity index (χ2v) is 7.11. The zero-order valence-electron chi connectivity index (χ0n) is 15.2. The van der Waals surface area contributed by atoms with Gasteiger partial charge in [-0.2, -0.15) is 4.98 Å². The SMILES string of the molecule is COCCN(C(=O)c1nc2nc(C)cc(C)n2n1)c1nc2ccccc2s1. The molecule has 0 saturated carbocycles. The Labute approximate surface area is 159 Å². The maximum absolute atomic E-state index is 13.2. The lowest BCUT2D eigenvalue weighted by Gasteiger charge is -2.17. The van der Waals surface area contributed by atoms with Crippen LogP contribution < -0.4 is 4.90 Å². The van der Waals surface area contributed by atoms with Crippen molar-refractivity contribution in [2.75, 3.05) is 25.2 Å². The third-order valence-corrected chi connectivity index (χ3v) is 5.15. The molecule has 0 aliphatic heterocycles. The van der Waals surface area contributed by atoms with E-state index in [0.29, 0.717) is 24.1 Å². The van der Waals surface area contributed by atoms with Crippen molar-refractivity contribution in [1.29, 1.82) is 0 Å². The number of thiazole rings is 1. The molecule has 0 N–H and O–H groups in total. The van der Waals surface area contributed by atoms with E-state index in [1.54, 1.807) is 16.5 Å². The molecular weight excluding hydrogens is 364 g/mol. The molecule has 0 fully saturated rings. The van der Waals surface area contributed by atoms with Crippen LogP contribution in [-0.2, 0) is 4.74 Å². The third-order valence-electron chi connectivity index (χ3n) is 4.09. The molecule has 8 nitrogen and oxygen atoms in total. The van der Waals surface area contributed by atoms with Gasteiger partial charge in [-0.1, -0.05) is 23.5 Å². The van der Waals surface area contributed by atoms with Crippen LogP contribution in [0.25, 0.3) is 16.0 Å². The predicted molar refractivity (Wildman–Crippen MR) is 103 cm³/mol. The molecule has 0 aliphatic carbocycles. The van der Waals surface area contributed by atoms with Crippen molar-refractivity contribution in [2.45, 2.75) is 13.8 Å². The van der Waals surface area contributed by atoms with Crippen LogP contribution in [0.4, 0.5) is 5.13 Å². The van der Waals surface area contributed by atoms with Gasteiger partial charge in [0.25, 0.3) is 11.7 Å². The molecule has 9 heteroatoms. The van der Waals surface area contributed by atoms with E-state index in [-0.39, 0.29) is 11.7 Å². The third kappa shape index (κ3) is 3.26. The lowest BCUT2D eigenvalue weighted by Crippen LogP contribution is -2.34. The van der Waals surface area contributed by atoms with Crippen LogP contribution in [0.2, 0.25) is 0 Å². The van der Waals surface area contributed by atoms with Crippen LogP contribution in [0.5, 0.6) is 0 Å². The highest BCUT2D eigenvalue weighted by molar-refractivity contribution is 7.22. The Morgan fingerprint density at radius 2 is 2.04 bits per heavy atom. The number of aryl methyl sites for hydroxylation is 2. The number of amides is 1. The zero-order valence-corrected chi connectivity index (χ0v) is 16.0. The van der Waals surface area contributed by atoms with E-state index in [1.807, 2.05) is 44.2 Å². The Bertz CT molecular complexity index is 1100. The van der Waals surface area contributed by atoms with E-state index in [4.69, 9.17) is 4.74 Å². The highest BCUT2D eigenvalue weighted by atomic mass is 32.1. The summed E-state index contributed by atoms with van der Waals surface area (Å²) >= 11 is 1.45. The average Bonchev–Trinajstić information content (AvgIpc) is 3.25. The summed E-state index contributed by atoms with van der Waals surface area (Å²) in [6.07, 6.45) is 0. The van der Waals surface area contributed by atoms with Gasteiger partial charge in [0.2, 0.25) is 5.82 Å². The van der Waals surface area contributed by atoms with Crippen molar-refractivity contribution in [1.82, 2.24) is 24.6 Å². The van der Waals surface area contributed by atoms with Gasteiger partial charge in [0.05, 0.1) is 23.4 Å². The summed E-state index contributed by atoms with van der Waals surface area (Å²) in [5.74, 6) is 0.173. The minimum atomic E-state index is -0.325. The van der Waals surface area contributed by atoms with E-state index >= 15 is 0 Å². The smallest absolute Gasteiger partial charge is 0.299 e. The molecule has 0 atom stereocenters. The second kappa shape index (κ2) is 7.01. The van der Waals surface area contributed by atoms with E-state index < -0.39 is 0 Å². The summed E-state index contributed by atoms with van der Waals surface area (Å²) in [5, 5.41) is 4.94. The number of nitrogens with zero attached hydrogens (tertiary/aromatic N) is 6. The van der Waals surface area contributed by atoms with Crippen LogP contribution in [0.3, 0.4) is 0 Å². The number of methoxy groups -OCH3 is 1. The summed E-state index contributed by atoms with van der Waals surface area (Å²) in [6, 6.07) is 9.67. The normalized spacial score (nSPS) is 11.4. The molecule has 0 radical (unpaired) electrons.